The molecule has 1 fully saturated rings. The number of nitrogens with one attached hydrogen (secondary N) is 1. The van der Waals surface area contributed by atoms with Gasteiger partial charge < -0.3 is 10.5 Å². The van der Waals surface area contributed by atoms with E-state index in [-0.39, 0.29) is 17.0 Å². The lowest BCUT2D eigenvalue weighted by molar-refractivity contribution is 0.317. The van der Waals surface area contributed by atoms with E-state index in [9.17, 15) is 8.42 Å². The van der Waals surface area contributed by atoms with Gasteiger partial charge in [-0.05, 0) is 43.5 Å². The van der Waals surface area contributed by atoms with Crippen LogP contribution in [0.5, 0.6) is 5.75 Å². The average molecular weight is 312 g/mol. The fourth-order valence-corrected chi connectivity index (χ4v) is 3.83. The van der Waals surface area contributed by atoms with Gasteiger partial charge in [0, 0.05) is 12.1 Å². The quantitative estimate of drug-likeness (QED) is 0.842. The number of nitrogens with two attached hydrogens (primary N) is 1. The van der Waals surface area contributed by atoms with Gasteiger partial charge in [-0.15, -0.1) is 0 Å². The number of ether oxygens (including phenoxy) is 1. The van der Waals surface area contributed by atoms with Gasteiger partial charge in [-0.1, -0.05) is 19.8 Å². The van der Waals surface area contributed by atoms with E-state index in [2.05, 4.69) is 4.72 Å². The van der Waals surface area contributed by atoms with E-state index in [0.717, 1.165) is 32.1 Å². The Labute approximate surface area is 126 Å². The number of rotatable bonds is 6. The zero-order valence-corrected chi connectivity index (χ0v) is 13.2. The molecule has 0 amide bonds. The van der Waals surface area contributed by atoms with Crippen molar-refractivity contribution in [1.29, 1.82) is 0 Å². The van der Waals surface area contributed by atoms with Crippen molar-refractivity contribution in [2.24, 2.45) is 5.73 Å². The minimum atomic E-state index is -3.52. The molecule has 0 spiro atoms. The first kappa shape index (κ1) is 16.3. The third kappa shape index (κ3) is 4.43. The van der Waals surface area contributed by atoms with E-state index in [4.69, 9.17) is 10.5 Å². The summed E-state index contributed by atoms with van der Waals surface area (Å²) in [6, 6.07) is 6.25. The second-order valence-electron chi connectivity index (χ2n) is 5.50. The summed E-state index contributed by atoms with van der Waals surface area (Å²) in [6.45, 7) is 2.65. The summed E-state index contributed by atoms with van der Waals surface area (Å²) in [6.07, 6.45) is 4.68. The smallest absolute Gasteiger partial charge is 0.240 e. The topological polar surface area (TPSA) is 81.4 Å². The van der Waals surface area contributed by atoms with Crippen LogP contribution in [-0.4, -0.2) is 27.1 Å². The van der Waals surface area contributed by atoms with Crippen LogP contribution in [0.2, 0.25) is 0 Å². The predicted octanol–water partition coefficient (Wildman–Crippen LogP) is 2.02. The normalized spacial score (nSPS) is 23.0. The molecule has 3 N–H and O–H groups in total. The molecule has 2 rings (SSSR count). The van der Waals surface area contributed by atoms with Gasteiger partial charge >= 0.3 is 0 Å². The highest BCUT2D eigenvalue weighted by Crippen LogP contribution is 2.21. The Morgan fingerprint density at radius 2 is 1.90 bits per heavy atom. The zero-order valence-electron chi connectivity index (χ0n) is 12.4. The molecule has 1 saturated carbocycles. The highest BCUT2D eigenvalue weighted by atomic mass is 32.2. The van der Waals surface area contributed by atoms with Gasteiger partial charge in [0.05, 0.1) is 11.5 Å². The summed E-state index contributed by atoms with van der Waals surface area (Å²) in [5, 5.41) is 0. The minimum absolute atomic E-state index is 0.0966. The molecule has 1 aliphatic rings. The highest BCUT2D eigenvalue weighted by Gasteiger charge is 2.27. The number of benzene rings is 1. The van der Waals surface area contributed by atoms with Gasteiger partial charge in [0.25, 0.3) is 0 Å². The lowest BCUT2D eigenvalue weighted by Gasteiger charge is -2.29. The van der Waals surface area contributed by atoms with Gasteiger partial charge in [0.15, 0.2) is 0 Å². The molecule has 1 aromatic rings. The number of hydrogen-bond donors (Lipinski definition) is 2. The Balaban J connectivity index is 2.04. The van der Waals surface area contributed by atoms with Crippen LogP contribution < -0.4 is 15.2 Å². The van der Waals surface area contributed by atoms with Gasteiger partial charge in [-0.2, -0.15) is 0 Å². The molecule has 1 aromatic carbocycles. The molecule has 0 aromatic heterocycles. The lowest BCUT2D eigenvalue weighted by atomic mass is 9.92. The second-order valence-corrected chi connectivity index (χ2v) is 7.21. The first-order valence-corrected chi connectivity index (χ1v) is 9.02. The third-order valence-electron chi connectivity index (χ3n) is 3.73. The summed E-state index contributed by atoms with van der Waals surface area (Å²) in [5.74, 6) is 0.685. The Morgan fingerprint density at radius 3 is 2.52 bits per heavy atom. The average Bonchev–Trinajstić information content (AvgIpc) is 2.48. The van der Waals surface area contributed by atoms with E-state index in [1.165, 1.54) is 0 Å². The molecular weight excluding hydrogens is 288 g/mol. The van der Waals surface area contributed by atoms with Crippen molar-refractivity contribution < 1.29 is 13.2 Å². The fourth-order valence-electron chi connectivity index (χ4n) is 2.51. The fraction of sp³-hybridized carbons (Fsp3) is 0.600. The molecule has 21 heavy (non-hydrogen) atoms. The maximum absolute atomic E-state index is 12.4. The Bertz CT molecular complexity index is 543. The SMILES string of the molecule is CCCOc1ccc(S(=O)(=O)NC2CCCCC2N)cc1. The van der Waals surface area contributed by atoms with Crippen LogP contribution in [0.15, 0.2) is 29.2 Å². The molecular formula is C15H24N2O3S. The summed E-state index contributed by atoms with van der Waals surface area (Å²) in [7, 11) is -3.52. The van der Waals surface area contributed by atoms with E-state index >= 15 is 0 Å². The number of hydrogen-bond acceptors (Lipinski definition) is 4. The van der Waals surface area contributed by atoms with Crippen LogP contribution in [-0.2, 0) is 10.0 Å². The molecule has 0 heterocycles. The second kappa shape index (κ2) is 7.24. The van der Waals surface area contributed by atoms with Crippen molar-refractivity contribution in [3.05, 3.63) is 24.3 Å². The highest BCUT2D eigenvalue weighted by molar-refractivity contribution is 7.89. The molecule has 2 unspecified atom stereocenters. The van der Waals surface area contributed by atoms with Crippen LogP contribution in [0.25, 0.3) is 0 Å². The molecule has 0 saturated heterocycles. The van der Waals surface area contributed by atoms with Crippen LogP contribution >= 0.6 is 0 Å². The van der Waals surface area contributed by atoms with Crippen LogP contribution in [0.1, 0.15) is 39.0 Å². The monoisotopic (exact) mass is 312 g/mol. The van der Waals surface area contributed by atoms with E-state index in [1.54, 1.807) is 24.3 Å². The molecule has 6 heteroatoms. The molecule has 2 atom stereocenters. The molecule has 0 aliphatic heterocycles. The lowest BCUT2D eigenvalue weighted by Crippen LogP contribution is -2.49. The van der Waals surface area contributed by atoms with E-state index in [0.29, 0.717) is 12.4 Å². The largest absolute Gasteiger partial charge is 0.494 e. The summed E-state index contributed by atoms with van der Waals surface area (Å²) in [4.78, 5) is 0.254. The van der Waals surface area contributed by atoms with Crippen molar-refractivity contribution >= 4 is 10.0 Å². The summed E-state index contributed by atoms with van der Waals surface area (Å²) >= 11 is 0. The maximum Gasteiger partial charge on any atom is 0.240 e. The number of sulfonamides is 1. The molecule has 1 aliphatic carbocycles. The molecule has 0 bridgehead atoms. The summed E-state index contributed by atoms with van der Waals surface area (Å²) < 4.78 is 32.9. The van der Waals surface area contributed by atoms with Crippen LogP contribution in [0.3, 0.4) is 0 Å². The van der Waals surface area contributed by atoms with E-state index in [1.807, 2.05) is 6.92 Å². The Morgan fingerprint density at radius 1 is 1.24 bits per heavy atom. The van der Waals surface area contributed by atoms with E-state index < -0.39 is 10.0 Å². The van der Waals surface area contributed by atoms with Crippen molar-refractivity contribution in [2.45, 2.75) is 56.0 Å². The summed E-state index contributed by atoms with van der Waals surface area (Å²) in [5.41, 5.74) is 6.00. The first-order valence-electron chi connectivity index (χ1n) is 7.53. The van der Waals surface area contributed by atoms with Crippen molar-refractivity contribution in [3.8, 4) is 5.75 Å². The van der Waals surface area contributed by atoms with Gasteiger partial charge in [-0.25, -0.2) is 13.1 Å². The third-order valence-corrected chi connectivity index (χ3v) is 5.24. The maximum atomic E-state index is 12.4. The van der Waals surface area contributed by atoms with Crippen LogP contribution in [0, 0.1) is 0 Å². The van der Waals surface area contributed by atoms with Crippen molar-refractivity contribution in [2.75, 3.05) is 6.61 Å². The van der Waals surface area contributed by atoms with Gasteiger partial charge in [-0.3, -0.25) is 0 Å². The predicted molar refractivity (Wildman–Crippen MR) is 82.8 cm³/mol. The zero-order chi connectivity index (χ0) is 15.3. The molecule has 5 nitrogen and oxygen atoms in total. The Hall–Kier alpha value is -1.11. The Kier molecular flexibility index (Phi) is 5.61. The first-order chi connectivity index (χ1) is 10.0. The van der Waals surface area contributed by atoms with Crippen molar-refractivity contribution in [1.82, 2.24) is 4.72 Å². The van der Waals surface area contributed by atoms with Gasteiger partial charge in [0.2, 0.25) is 10.0 Å². The molecule has 118 valence electrons. The van der Waals surface area contributed by atoms with Crippen LogP contribution in [0.4, 0.5) is 0 Å². The minimum Gasteiger partial charge on any atom is -0.494 e. The standard InChI is InChI=1S/C15H24N2O3S/c1-2-11-20-12-7-9-13(10-8-12)21(18,19)17-15-6-4-3-5-14(15)16/h7-10,14-15,17H,2-6,11,16H2,1H3. The van der Waals surface area contributed by atoms with Gasteiger partial charge in [0.1, 0.15) is 5.75 Å². The van der Waals surface area contributed by atoms with Crippen molar-refractivity contribution in [3.63, 3.8) is 0 Å². The molecule has 0 radical (unpaired) electrons.